The van der Waals surface area contributed by atoms with E-state index >= 15 is 0 Å². The van der Waals surface area contributed by atoms with E-state index in [0.29, 0.717) is 23.0 Å². The molecule has 0 saturated heterocycles. The van der Waals surface area contributed by atoms with Crippen LogP contribution in [0.2, 0.25) is 0 Å². The summed E-state index contributed by atoms with van der Waals surface area (Å²) in [6.07, 6.45) is 2.98. The Morgan fingerprint density at radius 1 is 1.32 bits per heavy atom. The fourth-order valence-corrected chi connectivity index (χ4v) is 2.23. The molecule has 1 aromatic heterocycles. The van der Waals surface area contributed by atoms with Gasteiger partial charge in [0.15, 0.2) is 5.43 Å². The first-order valence-corrected chi connectivity index (χ1v) is 6.30. The Labute approximate surface area is 119 Å². The molecule has 1 unspecified atom stereocenters. The van der Waals surface area contributed by atoms with E-state index in [9.17, 15) is 4.79 Å². The minimum Gasteiger partial charge on any atom is -0.464 e. The zero-order valence-corrected chi connectivity index (χ0v) is 12.3. The number of hydrogen-bond donors (Lipinski definition) is 1. The normalized spacial score (nSPS) is 12.2. The van der Waals surface area contributed by atoms with Gasteiger partial charge in [-0.05, 0) is 43.9 Å². The zero-order chi connectivity index (χ0) is 13.3. The van der Waals surface area contributed by atoms with Crippen molar-refractivity contribution in [3.8, 4) is 0 Å². The van der Waals surface area contributed by atoms with Crippen LogP contribution in [0.1, 0.15) is 30.0 Å². The molecule has 0 radical (unpaired) electrons. The number of hydrogen-bond acceptors (Lipinski definition) is 3. The van der Waals surface area contributed by atoms with Crippen LogP contribution in [0.25, 0.3) is 11.0 Å². The number of halogens is 1. The topological polar surface area (TPSA) is 56.2 Å². The van der Waals surface area contributed by atoms with E-state index in [1.165, 1.54) is 0 Å². The molecule has 2 N–H and O–H groups in total. The summed E-state index contributed by atoms with van der Waals surface area (Å²) in [6, 6.07) is 3.91. The predicted octanol–water partition coefficient (Wildman–Crippen LogP) is 3.11. The molecule has 0 bridgehead atoms. The number of rotatable bonds is 3. The minimum absolute atomic E-state index is 0. The van der Waals surface area contributed by atoms with Crippen molar-refractivity contribution in [1.29, 1.82) is 0 Å². The second-order valence-corrected chi connectivity index (χ2v) is 4.92. The highest BCUT2D eigenvalue weighted by Gasteiger charge is 2.12. The summed E-state index contributed by atoms with van der Waals surface area (Å²) in [6.45, 7) is 5.95. The van der Waals surface area contributed by atoms with E-state index in [2.05, 4.69) is 0 Å². The van der Waals surface area contributed by atoms with Crippen molar-refractivity contribution < 1.29 is 4.42 Å². The van der Waals surface area contributed by atoms with Crippen molar-refractivity contribution in [2.45, 2.75) is 39.7 Å². The Hall–Kier alpha value is -1.32. The molecule has 1 atom stereocenters. The molecule has 19 heavy (non-hydrogen) atoms. The molecular weight excluding hydrogens is 262 g/mol. The lowest BCUT2D eigenvalue weighted by molar-refractivity contribution is 0.574. The van der Waals surface area contributed by atoms with Gasteiger partial charge in [-0.3, -0.25) is 4.79 Å². The Morgan fingerprint density at radius 2 is 2.00 bits per heavy atom. The summed E-state index contributed by atoms with van der Waals surface area (Å²) in [4.78, 5) is 12.4. The molecule has 0 fully saturated rings. The van der Waals surface area contributed by atoms with Crippen molar-refractivity contribution in [2.24, 2.45) is 5.73 Å². The second kappa shape index (κ2) is 6.22. The van der Waals surface area contributed by atoms with Gasteiger partial charge >= 0.3 is 0 Å². The molecule has 0 saturated carbocycles. The molecule has 3 nitrogen and oxygen atoms in total. The maximum atomic E-state index is 12.4. The number of aryl methyl sites for hydroxylation is 2. The lowest BCUT2D eigenvalue weighted by Crippen LogP contribution is -2.25. The fraction of sp³-hybridized carbons (Fsp3) is 0.400. The summed E-state index contributed by atoms with van der Waals surface area (Å²) in [7, 11) is 0. The quantitative estimate of drug-likeness (QED) is 0.940. The van der Waals surface area contributed by atoms with Gasteiger partial charge in [-0.25, -0.2) is 0 Å². The third-order valence-electron chi connectivity index (χ3n) is 3.30. The highest BCUT2D eigenvalue weighted by atomic mass is 35.5. The van der Waals surface area contributed by atoms with Crippen molar-refractivity contribution >= 4 is 23.4 Å². The van der Waals surface area contributed by atoms with E-state index in [0.717, 1.165) is 17.5 Å². The van der Waals surface area contributed by atoms with Crippen LogP contribution in [0.5, 0.6) is 0 Å². The monoisotopic (exact) mass is 281 g/mol. The smallest absolute Gasteiger partial charge is 0.196 e. The Kier molecular flexibility index (Phi) is 5.15. The highest BCUT2D eigenvalue weighted by Crippen LogP contribution is 2.18. The SMILES string of the molecule is CCC(N)Cc1coc2cc(C)cc(C)c2c1=O.Cl. The standard InChI is InChI=1S/C15H19NO2.ClH/c1-4-12(16)7-11-8-18-13-6-9(2)5-10(3)14(13)15(11)17;/h5-6,8,12H,4,7,16H2,1-3H3;1H. The van der Waals surface area contributed by atoms with E-state index in [-0.39, 0.29) is 23.9 Å². The van der Waals surface area contributed by atoms with Gasteiger partial charge in [-0.15, -0.1) is 12.4 Å². The molecule has 1 aromatic carbocycles. The van der Waals surface area contributed by atoms with Gasteiger partial charge < -0.3 is 10.2 Å². The van der Waals surface area contributed by atoms with Crippen LogP contribution in [0.15, 0.2) is 27.6 Å². The van der Waals surface area contributed by atoms with Gasteiger partial charge in [0.1, 0.15) is 5.58 Å². The number of benzene rings is 1. The van der Waals surface area contributed by atoms with Crippen LogP contribution in [0.4, 0.5) is 0 Å². The molecule has 0 spiro atoms. The molecule has 104 valence electrons. The van der Waals surface area contributed by atoms with Crippen LogP contribution in [0.3, 0.4) is 0 Å². The molecule has 1 heterocycles. The van der Waals surface area contributed by atoms with E-state index in [4.69, 9.17) is 10.2 Å². The van der Waals surface area contributed by atoms with Gasteiger partial charge in [0, 0.05) is 11.6 Å². The Morgan fingerprint density at radius 3 is 2.63 bits per heavy atom. The molecule has 0 aliphatic rings. The summed E-state index contributed by atoms with van der Waals surface area (Å²) < 4.78 is 5.58. The van der Waals surface area contributed by atoms with Gasteiger partial charge in [0.25, 0.3) is 0 Å². The third-order valence-corrected chi connectivity index (χ3v) is 3.30. The Bertz CT molecular complexity index is 634. The molecule has 0 aliphatic carbocycles. The van der Waals surface area contributed by atoms with Crippen LogP contribution >= 0.6 is 12.4 Å². The first-order valence-electron chi connectivity index (χ1n) is 6.30. The third kappa shape index (κ3) is 3.17. The van der Waals surface area contributed by atoms with Crippen LogP contribution in [-0.4, -0.2) is 6.04 Å². The second-order valence-electron chi connectivity index (χ2n) is 4.92. The number of fused-ring (bicyclic) bond motifs is 1. The van der Waals surface area contributed by atoms with E-state index in [1.807, 2.05) is 32.9 Å². The first-order chi connectivity index (χ1) is 8.52. The fourth-order valence-electron chi connectivity index (χ4n) is 2.23. The Balaban J connectivity index is 0.00000180. The summed E-state index contributed by atoms with van der Waals surface area (Å²) >= 11 is 0. The van der Waals surface area contributed by atoms with Crippen LogP contribution in [-0.2, 0) is 6.42 Å². The van der Waals surface area contributed by atoms with Crippen molar-refractivity contribution in [2.75, 3.05) is 0 Å². The summed E-state index contributed by atoms with van der Waals surface area (Å²) in [5.41, 5.74) is 9.34. The number of nitrogens with two attached hydrogens (primary N) is 1. The molecule has 2 aromatic rings. The van der Waals surface area contributed by atoms with Crippen molar-refractivity contribution in [1.82, 2.24) is 0 Å². The maximum absolute atomic E-state index is 12.4. The lowest BCUT2D eigenvalue weighted by atomic mass is 10.0. The van der Waals surface area contributed by atoms with Crippen molar-refractivity contribution in [3.05, 3.63) is 45.3 Å². The van der Waals surface area contributed by atoms with Crippen LogP contribution < -0.4 is 11.2 Å². The molecule has 4 heteroatoms. The largest absolute Gasteiger partial charge is 0.464 e. The molecule has 2 rings (SSSR count). The minimum atomic E-state index is 0. The van der Waals surface area contributed by atoms with E-state index < -0.39 is 0 Å². The first kappa shape index (κ1) is 15.7. The van der Waals surface area contributed by atoms with Gasteiger partial charge in [-0.2, -0.15) is 0 Å². The average Bonchev–Trinajstić information content (AvgIpc) is 2.31. The molecule has 0 aliphatic heterocycles. The maximum Gasteiger partial charge on any atom is 0.196 e. The predicted molar refractivity (Wildman–Crippen MR) is 81.2 cm³/mol. The summed E-state index contributed by atoms with van der Waals surface area (Å²) in [5.74, 6) is 0. The lowest BCUT2D eigenvalue weighted by Gasteiger charge is -2.09. The van der Waals surface area contributed by atoms with Crippen molar-refractivity contribution in [3.63, 3.8) is 0 Å². The van der Waals surface area contributed by atoms with Crippen LogP contribution in [0, 0.1) is 13.8 Å². The molecular formula is C15H20ClNO2. The van der Waals surface area contributed by atoms with E-state index in [1.54, 1.807) is 6.26 Å². The van der Waals surface area contributed by atoms with Gasteiger partial charge in [0.05, 0.1) is 11.6 Å². The van der Waals surface area contributed by atoms with Gasteiger partial charge in [-0.1, -0.05) is 13.0 Å². The highest BCUT2D eigenvalue weighted by molar-refractivity contribution is 5.85. The van der Waals surface area contributed by atoms with Gasteiger partial charge in [0.2, 0.25) is 0 Å². The summed E-state index contributed by atoms with van der Waals surface area (Å²) in [5, 5.41) is 0.682. The zero-order valence-electron chi connectivity index (χ0n) is 11.5. The average molecular weight is 282 g/mol. The molecule has 0 amide bonds.